The number of rotatable bonds is 2. The number of carbonyl (C=O) groups is 1. The summed E-state index contributed by atoms with van der Waals surface area (Å²) in [6.45, 7) is 3.38. The number of phenolic OH excluding ortho intramolecular Hbond substituents is 1. The van der Waals surface area contributed by atoms with Gasteiger partial charge in [-0.25, -0.2) is 0 Å². The molecule has 0 saturated heterocycles. The van der Waals surface area contributed by atoms with Crippen LogP contribution in [-0.4, -0.2) is 16.2 Å². The number of halogens is 1. The standard InChI is InChI=1S/C10H11ClO3/c1-5-3-8(11)7(4-9(12)13)6(2)10(5)14/h3,14H,4H2,1-2H3,(H,12,13). The summed E-state index contributed by atoms with van der Waals surface area (Å²) < 4.78 is 0. The number of aromatic hydroxyl groups is 1. The maximum Gasteiger partial charge on any atom is 0.307 e. The molecular formula is C10H11ClO3. The van der Waals surface area contributed by atoms with Crippen LogP contribution < -0.4 is 0 Å². The minimum atomic E-state index is -0.960. The van der Waals surface area contributed by atoms with Crippen LogP contribution in [0.2, 0.25) is 5.02 Å². The normalized spacial score (nSPS) is 10.2. The van der Waals surface area contributed by atoms with Crippen LogP contribution in [-0.2, 0) is 11.2 Å². The Morgan fingerprint density at radius 2 is 2.07 bits per heavy atom. The molecule has 0 aliphatic carbocycles. The van der Waals surface area contributed by atoms with Crippen molar-refractivity contribution in [2.24, 2.45) is 0 Å². The van der Waals surface area contributed by atoms with Crippen molar-refractivity contribution in [3.05, 3.63) is 27.8 Å². The van der Waals surface area contributed by atoms with E-state index in [1.165, 1.54) is 0 Å². The molecule has 1 rings (SSSR count). The van der Waals surface area contributed by atoms with Crippen molar-refractivity contribution in [3.63, 3.8) is 0 Å². The largest absolute Gasteiger partial charge is 0.507 e. The fourth-order valence-corrected chi connectivity index (χ4v) is 1.70. The van der Waals surface area contributed by atoms with Gasteiger partial charge in [0.05, 0.1) is 6.42 Å². The van der Waals surface area contributed by atoms with Crippen molar-refractivity contribution in [1.82, 2.24) is 0 Å². The second kappa shape index (κ2) is 3.88. The zero-order chi connectivity index (χ0) is 10.9. The number of hydrogen-bond donors (Lipinski definition) is 2. The van der Waals surface area contributed by atoms with Crippen LogP contribution in [0.5, 0.6) is 5.75 Å². The van der Waals surface area contributed by atoms with Crippen molar-refractivity contribution in [3.8, 4) is 5.75 Å². The number of carboxylic acid groups (broad SMARTS) is 1. The summed E-state index contributed by atoms with van der Waals surface area (Å²) in [4.78, 5) is 10.5. The van der Waals surface area contributed by atoms with Gasteiger partial charge in [0.25, 0.3) is 0 Å². The topological polar surface area (TPSA) is 57.5 Å². The van der Waals surface area contributed by atoms with Crippen LogP contribution >= 0.6 is 11.6 Å². The van der Waals surface area contributed by atoms with Gasteiger partial charge in [-0.05, 0) is 36.6 Å². The third-order valence-electron chi connectivity index (χ3n) is 2.14. The van der Waals surface area contributed by atoms with Crippen LogP contribution in [0.25, 0.3) is 0 Å². The number of aryl methyl sites for hydroxylation is 1. The van der Waals surface area contributed by atoms with Crippen molar-refractivity contribution in [2.45, 2.75) is 20.3 Å². The number of aliphatic carboxylic acids is 1. The molecule has 2 N–H and O–H groups in total. The van der Waals surface area contributed by atoms with E-state index >= 15 is 0 Å². The summed E-state index contributed by atoms with van der Waals surface area (Å²) >= 11 is 5.88. The first-order valence-electron chi connectivity index (χ1n) is 4.12. The highest BCUT2D eigenvalue weighted by Crippen LogP contribution is 2.31. The summed E-state index contributed by atoms with van der Waals surface area (Å²) in [7, 11) is 0. The summed E-state index contributed by atoms with van der Waals surface area (Å²) in [5, 5.41) is 18.6. The Bertz CT molecular complexity index is 385. The van der Waals surface area contributed by atoms with E-state index in [1.54, 1.807) is 19.9 Å². The predicted molar refractivity (Wildman–Crippen MR) is 53.9 cm³/mol. The van der Waals surface area contributed by atoms with E-state index < -0.39 is 5.97 Å². The third kappa shape index (κ3) is 1.99. The fraction of sp³-hybridized carbons (Fsp3) is 0.300. The third-order valence-corrected chi connectivity index (χ3v) is 2.48. The van der Waals surface area contributed by atoms with E-state index in [1.807, 2.05) is 0 Å². The average Bonchev–Trinajstić information content (AvgIpc) is 2.09. The molecule has 14 heavy (non-hydrogen) atoms. The molecule has 0 atom stereocenters. The van der Waals surface area contributed by atoms with Crippen LogP contribution in [0, 0.1) is 13.8 Å². The maximum absolute atomic E-state index is 10.5. The fourth-order valence-electron chi connectivity index (χ4n) is 1.33. The molecule has 0 saturated carbocycles. The molecule has 0 aliphatic heterocycles. The second-order valence-corrected chi connectivity index (χ2v) is 3.61. The monoisotopic (exact) mass is 214 g/mol. The number of hydrogen-bond acceptors (Lipinski definition) is 2. The first-order valence-corrected chi connectivity index (χ1v) is 4.50. The van der Waals surface area contributed by atoms with Crippen molar-refractivity contribution >= 4 is 17.6 Å². The highest BCUT2D eigenvalue weighted by molar-refractivity contribution is 6.31. The lowest BCUT2D eigenvalue weighted by molar-refractivity contribution is -0.136. The van der Waals surface area contributed by atoms with E-state index in [9.17, 15) is 9.90 Å². The molecule has 0 amide bonds. The van der Waals surface area contributed by atoms with Gasteiger partial charge in [-0.1, -0.05) is 11.6 Å². The highest BCUT2D eigenvalue weighted by Gasteiger charge is 2.13. The Hall–Kier alpha value is -1.22. The maximum atomic E-state index is 10.5. The van der Waals surface area contributed by atoms with Crippen LogP contribution in [0.15, 0.2) is 6.07 Å². The average molecular weight is 215 g/mol. The molecule has 76 valence electrons. The summed E-state index contributed by atoms with van der Waals surface area (Å²) in [6.07, 6.45) is -0.168. The molecule has 1 aromatic carbocycles. The lowest BCUT2D eigenvalue weighted by Crippen LogP contribution is -2.03. The Balaban J connectivity index is 3.29. The van der Waals surface area contributed by atoms with Gasteiger partial charge in [0.2, 0.25) is 0 Å². The lowest BCUT2D eigenvalue weighted by atomic mass is 10.0. The first kappa shape index (κ1) is 10.9. The van der Waals surface area contributed by atoms with Crippen LogP contribution in [0.4, 0.5) is 0 Å². The van der Waals surface area contributed by atoms with Crippen molar-refractivity contribution < 1.29 is 15.0 Å². The second-order valence-electron chi connectivity index (χ2n) is 3.20. The molecule has 0 radical (unpaired) electrons. The van der Waals surface area contributed by atoms with Gasteiger partial charge in [-0.2, -0.15) is 0 Å². The smallest absolute Gasteiger partial charge is 0.307 e. The van der Waals surface area contributed by atoms with Gasteiger partial charge >= 0.3 is 5.97 Å². The quantitative estimate of drug-likeness (QED) is 0.794. The molecule has 0 fully saturated rings. The zero-order valence-corrected chi connectivity index (χ0v) is 8.72. The van der Waals surface area contributed by atoms with E-state index in [0.717, 1.165) is 0 Å². The van der Waals surface area contributed by atoms with Gasteiger partial charge in [0.15, 0.2) is 0 Å². The van der Waals surface area contributed by atoms with Gasteiger partial charge in [-0.3, -0.25) is 4.79 Å². The Morgan fingerprint density at radius 3 is 2.57 bits per heavy atom. The number of carboxylic acids is 1. The van der Waals surface area contributed by atoms with E-state index in [4.69, 9.17) is 16.7 Å². The minimum absolute atomic E-state index is 0.116. The van der Waals surface area contributed by atoms with E-state index in [-0.39, 0.29) is 12.2 Å². The Labute approximate surface area is 86.9 Å². The SMILES string of the molecule is Cc1cc(Cl)c(CC(=O)O)c(C)c1O. The van der Waals surface area contributed by atoms with Crippen molar-refractivity contribution in [2.75, 3.05) is 0 Å². The molecule has 0 spiro atoms. The molecule has 0 unspecified atom stereocenters. The lowest BCUT2D eigenvalue weighted by Gasteiger charge is -2.10. The Morgan fingerprint density at radius 1 is 1.50 bits per heavy atom. The molecule has 1 aromatic rings. The minimum Gasteiger partial charge on any atom is -0.507 e. The van der Waals surface area contributed by atoms with Crippen LogP contribution in [0.1, 0.15) is 16.7 Å². The number of benzene rings is 1. The van der Waals surface area contributed by atoms with Crippen LogP contribution in [0.3, 0.4) is 0 Å². The molecule has 0 aliphatic rings. The first-order chi connectivity index (χ1) is 6.43. The number of phenols is 1. The molecule has 3 nitrogen and oxygen atoms in total. The van der Waals surface area contributed by atoms with Gasteiger partial charge in [0.1, 0.15) is 5.75 Å². The summed E-state index contributed by atoms with van der Waals surface area (Å²) in [5.41, 5.74) is 1.67. The van der Waals surface area contributed by atoms with Gasteiger partial charge in [-0.15, -0.1) is 0 Å². The van der Waals surface area contributed by atoms with E-state index in [2.05, 4.69) is 0 Å². The molecule has 4 heteroatoms. The zero-order valence-electron chi connectivity index (χ0n) is 7.97. The molecular weight excluding hydrogens is 204 g/mol. The van der Waals surface area contributed by atoms with Gasteiger partial charge < -0.3 is 10.2 Å². The summed E-state index contributed by atoms with van der Waals surface area (Å²) in [5.74, 6) is -0.844. The van der Waals surface area contributed by atoms with Crippen molar-refractivity contribution in [1.29, 1.82) is 0 Å². The molecule has 0 aromatic heterocycles. The molecule has 0 bridgehead atoms. The molecule has 0 heterocycles. The van der Waals surface area contributed by atoms with E-state index in [0.29, 0.717) is 21.7 Å². The Kier molecular flexibility index (Phi) is 3.01. The van der Waals surface area contributed by atoms with Gasteiger partial charge in [0, 0.05) is 5.02 Å². The summed E-state index contributed by atoms with van der Waals surface area (Å²) in [6, 6.07) is 1.57. The highest BCUT2D eigenvalue weighted by atomic mass is 35.5. The predicted octanol–water partition coefficient (Wildman–Crippen LogP) is 2.29.